The molecule has 9 heteroatoms. The van der Waals surface area contributed by atoms with E-state index in [-0.39, 0.29) is 10.8 Å². The summed E-state index contributed by atoms with van der Waals surface area (Å²) in [6, 6.07) is 25.7. The van der Waals surface area contributed by atoms with Gasteiger partial charge in [0.25, 0.3) is 0 Å². The standard InChI is InChI=1S/C30H34N4O4S/c31-30(36)34-18-17-32-22-28(34)27(21-24-12-6-2-7-13-24)29(35)33-25(20-23-10-4-1-5-11-23)16-19-39(37,38)26-14-8-3-9-15-26/h1-16,19,25,27-28,32H,17-18,20-22H2,(H2,31,36)(H,33,35)/b19-16+/t25-,27+,28?/m1/s1. The Bertz CT molecular complexity index is 1370. The lowest BCUT2D eigenvalue weighted by Crippen LogP contribution is -2.61. The molecule has 0 bridgehead atoms. The van der Waals surface area contributed by atoms with E-state index in [1.54, 1.807) is 23.1 Å². The molecule has 4 N–H and O–H groups in total. The van der Waals surface area contributed by atoms with Crippen LogP contribution >= 0.6 is 0 Å². The quantitative estimate of drug-likeness (QED) is 0.361. The van der Waals surface area contributed by atoms with Gasteiger partial charge in [-0.1, -0.05) is 84.9 Å². The molecule has 0 aliphatic carbocycles. The molecule has 4 rings (SSSR count). The Morgan fingerprint density at radius 2 is 1.49 bits per heavy atom. The van der Waals surface area contributed by atoms with Gasteiger partial charge in [-0.3, -0.25) is 4.79 Å². The fourth-order valence-electron chi connectivity index (χ4n) is 4.84. The van der Waals surface area contributed by atoms with Crippen molar-refractivity contribution in [2.75, 3.05) is 19.6 Å². The first-order valence-electron chi connectivity index (χ1n) is 13.0. The summed E-state index contributed by atoms with van der Waals surface area (Å²) in [5, 5.41) is 7.50. The lowest BCUT2D eigenvalue weighted by molar-refractivity contribution is -0.127. The van der Waals surface area contributed by atoms with Gasteiger partial charge in [0.1, 0.15) is 0 Å². The summed E-state index contributed by atoms with van der Waals surface area (Å²) in [5.74, 6) is -0.883. The molecule has 0 radical (unpaired) electrons. The number of hydrogen-bond donors (Lipinski definition) is 3. The average Bonchev–Trinajstić information content (AvgIpc) is 2.96. The van der Waals surface area contributed by atoms with Gasteiger partial charge in [-0.2, -0.15) is 0 Å². The Labute approximate surface area is 229 Å². The zero-order valence-corrected chi connectivity index (χ0v) is 22.5. The Kier molecular flexibility index (Phi) is 9.51. The van der Waals surface area contributed by atoms with Gasteiger partial charge in [-0.25, -0.2) is 13.2 Å². The van der Waals surface area contributed by atoms with Crippen LogP contribution in [0.5, 0.6) is 0 Å². The molecule has 1 aliphatic heterocycles. The number of benzene rings is 3. The monoisotopic (exact) mass is 546 g/mol. The van der Waals surface area contributed by atoms with Gasteiger partial charge in [-0.05, 0) is 36.1 Å². The van der Waals surface area contributed by atoms with Crippen LogP contribution in [0.25, 0.3) is 0 Å². The van der Waals surface area contributed by atoms with Crippen LogP contribution in [0.1, 0.15) is 11.1 Å². The van der Waals surface area contributed by atoms with Crippen molar-refractivity contribution in [1.29, 1.82) is 0 Å². The normalized spacial score (nSPS) is 17.4. The molecule has 1 aliphatic rings. The first kappa shape index (κ1) is 28.1. The molecule has 8 nitrogen and oxygen atoms in total. The number of amides is 3. The van der Waals surface area contributed by atoms with Crippen LogP contribution in [0.3, 0.4) is 0 Å². The van der Waals surface area contributed by atoms with E-state index >= 15 is 0 Å². The van der Waals surface area contributed by atoms with Crippen LogP contribution < -0.4 is 16.4 Å². The number of carbonyl (C=O) groups is 2. The molecule has 0 spiro atoms. The number of nitrogens with zero attached hydrogens (tertiary/aromatic N) is 1. The summed E-state index contributed by atoms with van der Waals surface area (Å²) in [4.78, 5) is 27.9. The smallest absolute Gasteiger partial charge is 0.315 e. The van der Waals surface area contributed by atoms with Crippen molar-refractivity contribution in [3.8, 4) is 0 Å². The first-order chi connectivity index (χ1) is 18.8. The van der Waals surface area contributed by atoms with E-state index in [0.29, 0.717) is 32.5 Å². The van der Waals surface area contributed by atoms with Crippen molar-refractivity contribution in [1.82, 2.24) is 15.5 Å². The van der Waals surface area contributed by atoms with Crippen LogP contribution in [-0.2, 0) is 27.5 Å². The number of piperazine rings is 1. The maximum atomic E-state index is 13.9. The second-order valence-electron chi connectivity index (χ2n) is 9.59. The maximum Gasteiger partial charge on any atom is 0.315 e. The number of hydrogen-bond acceptors (Lipinski definition) is 5. The highest BCUT2D eigenvalue weighted by molar-refractivity contribution is 7.94. The van der Waals surface area contributed by atoms with Crippen molar-refractivity contribution in [2.24, 2.45) is 11.7 Å². The predicted octanol–water partition coefficient (Wildman–Crippen LogP) is 2.91. The highest BCUT2D eigenvalue weighted by atomic mass is 32.2. The Morgan fingerprint density at radius 3 is 2.08 bits per heavy atom. The van der Waals surface area contributed by atoms with Gasteiger partial charge < -0.3 is 21.3 Å². The van der Waals surface area contributed by atoms with Crippen molar-refractivity contribution in [3.05, 3.63) is 114 Å². The van der Waals surface area contributed by atoms with E-state index in [1.807, 2.05) is 60.7 Å². The molecular formula is C30H34N4O4S. The van der Waals surface area contributed by atoms with Gasteiger partial charge in [0.05, 0.1) is 22.9 Å². The molecule has 3 aromatic rings. The first-order valence-corrected chi connectivity index (χ1v) is 14.5. The Morgan fingerprint density at radius 1 is 0.923 bits per heavy atom. The van der Waals surface area contributed by atoms with Gasteiger partial charge in [0.15, 0.2) is 9.84 Å². The lowest BCUT2D eigenvalue weighted by Gasteiger charge is -2.39. The molecule has 1 unspecified atom stereocenters. The molecule has 3 atom stereocenters. The van der Waals surface area contributed by atoms with E-state index in [4.69, 9.17) is 5.73 Å². The number of carbonyl (C=O) groups excluding carboxylic acids is 2. The number of primary amides is 1. The van der Waals surface area contributed by atoms with Crippen LogP contribution in [0, 0.1) is 5.92 Å². The van der Waals surface area contributed by atoms with Gasteiger partial charge >= 0.3 is 6.03 Å². The zero-order chi connectivity index (χ0) is 27.7. The number of urea groups is 1. The molecule has 1 fully saturated rings. The molecule has 3 amide bonds. The SMILES string of the molecule is NC(=O)N1CCNCC1[C@H](Cc1ccccc1)C(=O)N[C@H](/C=C/S(=O)(=O)c1ccccc1)Cc1ccccc1. The molecule has 0 saturated carbocycles. The average molecular weight is 547 g/mol. The number of rotatable bonds is 10. The largest absolute Gasteiger partial charge is 0.351 e. The number of sulfone groups is 1. The third kappa shape index (κ3) is 7.78. The fourth-order valence-corrected chi connectivity index (χ4v) is 5.93. The van der Waals surface area contributed by atoms with E-state index in [0.717, 1.165) is 16.5 Å². The van der Waals surface area contributed by atoms with E-state index < -0.39 is 33.9 Å². The van der Waals surface area contributed by atoms with Gasteiger partial charge in [0, 0.05) is 25.0 Å². The van der Waals surface area contributed by atoms with E-state index in [1.165, 1.54) is 18.2 Å². The summed E-state index contributed by atoms with van der Waals surface area (Å²) < 4.78 is 25.9. The van der Waals surface area contributed by atoms with Gasteiger partial charge in [0.2, 0.25) is 5.91 Å². The third-order valence-electron chi connectivity index (χ3n) is 6.85. The van der Waals surface area contributed by atoms with Gasteiger partial charge in [-0.15, -0.1) is 0 Å². The van der Waals surface area contributed by atoms with E-state index in [9.17, 15) is 18.0 Å². The minimum atomic E-state index is -3.70. The van der Waals surface area contributed by atoms with Crippen LogP contribution in [0.2, 0.25) is 0 Å². The maximum absolute atomic E-state index is 13.9. The van der Waals surface area contributed by atoms with Crippen molar-refractivity contribution >= 4 is 21.8 Å². The molecule has 0 aromatic heterocycles. The molecule has 3 aromatic carbocycles. The minimum Gasteiger partial charge on any atom is -0.351 e. The molecule has 39 heavy (non-hydrogen) atoms. The molecule has 1 heterocycles. The summed E-state index contributed by atoms with van der Waals surface area (Å²) in [6.45, 7) is 1.42. The van der Waals surface area contributed by atoms with Crippen molar-refractivity contribution in [2.45, 2.75) is 29.8 Å². The molecule has 204 valence electrons. The van der Waals surface area contributed by atoms with Crippen LogP contribution in [0.4, 0.5) is 4.79 Å². The van der Waals surface area contributed by atoms with Crippen molar-refractivity contribution < 1.29 is 18.0 Å². The van der Waals surface area contributed by atoms with Crippen LogP contribution in [-0.4, -0.2) is 57.0 Å². The highest BCUT2D eigenvalue weighted by Gasteiger charge is 2.37. The minimum absolute atomic E-state index is 0.179. The zero-order valence-electron chi connectivity index (χ0n) is 21.6. The van der Waals surface area contributed by atoms with Crippen LogP contribution in [0.15, 0.2) is 107 Å². The summed E-state index contributed by atoms with van der Waals surface area (Å²) in [6.07, 6.45) is 2.32. The highest BCUT2D eigenvalue weighted by Crippen LogP contribution is 2.21. The molecular weight excluding hydrogens is 512 g/mol. The number of nitrogens with two attached hydrogens (primary N) is 1. The van der Waals surface area contributed by atoms with E-state index in [2.05, 4.69) is 10.6 Å². The second kappa shape index (κ2) is 13.2. The topological polar surface area (TPSA) is 122 Å². The number of nitrogens with one attached hydrogen (secondary N) is 2. The Balaban J connectivity index is 1.63. The molecule has 1 saturated heterocycles. The van der Waals surface area contributed by atoms with Crippen molar-refractivity contribution in [3.63, 3.8) is 0 Å². The Hall–Kier alpha value is -3.95. The predicted molar refractivity (Wildman–Crippen MR) is 151 cm³/mol. The summed E-state index contributed by atoms with van der Waals surface area (Å²) in [7, 11) is -3.70. The second-order valence-corrected chi connectivity index (χ2v) is 11.4. The summed E-state index contributed by atoms with van der Waals surface area (Å²) >= 11 is 0. The lowest BCUT2D eigenvalue weighted by atomic mass is 9.88. The fraction of sp³-hybridized carbons (Fsp3) is 0.267. The third-order valence-corrected chi connectivity index (χ3v) is 8.30. The summed E-state index contributed by atoms with van der Waals surface area (Å²) in [5.41, 5.74) is 7.59.